The van der Waals surface area contributed by atoms with Gasteiger partial charge >= 0.3 is 6.18 Å². The van der Waals surface area contributed by atoms with E-state index in [1.807, 2.05) is 0 Å². The molecule has 2 heterocycles. The fourth-order valence-electron chi connectivity index (χ4n) is 3.06. The van der Waals surface area contributed by atoms with Crippen LogP contribution in [-0.4, -0.2) is 29.2 Å². The highest BCUT2D eigenvalue weighted by molar-refractivity contribution is 5.99. The lowest BCUT2D eigenvalue weighted by atomic mass is 9.96. The van der Waals surface area contributed by atoms with E-state index in [0.29, 0.717) is 29.4 Å². The number of nitro groups is 1. The van der Waals surface area contributed by atoms with E-state index in [1.54, 1.807) is 11.0 Å². The summed E-state index contributed by atoms with van der Waals surface area (Å²) in [6.45, 7) is 0.376. The van der Waals surface area contributed by atoms with Crippen LogP contribution in [0.15, 0.2) is 30.6 Å². The summed E-state index contributed by atoms with van der Waals surface area (Å²) in [5.74, 6) is -1.37. The van der Waals surface area contributed by atoms with E-state index in [0.717, 1.165) is 0 Å². The van der Waals surface area contributed by atoms with E-state index < -0.39 is 17.0 Å². The topological polar surface area (TPSA) is 59.3 Å². The van der Waals surface area contributed by atoms with Crippen molar-refractivity contribution in [1.82, 2.24) is 4.98 Å². The number of benzene rings is 1. The number of piperidine rings is 1. The summed E-state index contributed by atoms with van der Waals surface area (Å²) in [4.78, 5) is 16.1. The van der Waals surface area contributed by atoms with Crippen LogP contribution in [0.3, 0.4) is 0 Å². The molecule has 1 saturated heterocycles. The number of nitrogens with zero attached hydrogens (tertiary/aromatic N) is 3. The van der Waals surface area contributed by atoms with Gasteiger partial charge in [0.1, 0.15) is 0 Å². The Balaban J connectivity index is 2.03. The second kappa shape index (κ2) is 5.68. The minimum atomic E-state index is -4.23. The molecule has 1 atom stereocenters. The third-order valence-corrected chi connectivity index (χ3v) is 4.19. The molecular weight excluding hydrogens is 311 g/mol. The Bertz CT molecular complexity index is 748. The Morgan fingerprint density at radius 1 is 1.26 bits per heavy atom. The zero-order valence-electron chi connectivity index (χ0n) is 12.1. The van der Waals surface area contributed by atoms with Crippen molar-refractivity contribution in [3.63, 3.8) is 0 Å². The summed E-state index contributed by atoms with van der Waals surface area (Å²) in [5, 5.41) is 12.0. The maximum Gasteiger partial charge on any atom is 0.393 e. The van der Waals surface area contributed by atoms with E-state index in [1.165, 1.54) is 24.5 Å². The van der Waals surface area contributed by atoms with Gasteiger partial charge < -0.3 is 4.90 Å². The van der Waals surface area contributed by atoms with Gasteiger partial charge in [-0.25, -0.2) is 0 Å². The summed E-state index contributed by atoms with van der Waals surface area (Å²) < 4.78 is 39.0. The number of hydrogen-bond donors (Lipinski definition) is 0. The molecular formula is C15H14F3N3O2. The standard InChI is InChI=1S/C15H14F3N3O2/c16-15(17,18)10-2-1-7-20(9-10)13-3-4-14(21(22)23)12-8-19-6-5-11(12)13/h3-6,8,10H,1-2,7,9H2/t10-/m0/s1. The molecule has 23 heavy (non-hydrogen) atoms. The molecule has 0 spiro atoms. The maximum atomic E-state index is 13.0. The number of rotatable bonds is 2. The number of anilines is 1. The molecule has 1 aliphatic heterocycles. The first-order valence-electron chi connectivity index (χ1n) is 7.20. The third kappa shape index (κ3) is 2.93. The third-order valence-electron chi connectivity index (χ3n) is 4.19. The molecule has 3 rings (SSSR count). The van der Waals surface area contributed by atoms with Crippen LogP contribution in [0.5, 0.6) is 0 Å². The molecule has 8 heteroatoms. The molecule has 0 unspecified atom stereocenters. The number of hydrogen-bond acceptors (Lipinski definition) is 4. The van der Waals surface area contributed by atoms with Crippen molar-refractivity contribution >= 4 is 22.1 Å². The molecule has 2 aromatic rings. The highest BCUT2D eigenvalue weighted by atomic mass is 19.4. The first-order valence-corrected chi connectivity index (χ1v) is 7.20. The Hall–Kier alpha value is -2.38. The first-order chi connectivity index (χ1) is 10.9. The van der Waals surface area contributed by atoms with Crippen molar-refractivity contribution in [3.05, 3.63) is 40.7 Å². The number of fused-ring (bicyclic) bond motifs is 1. The molecule has 122 valence electrons. The SMILES string of the molecule is O=[N+]([O-])c1ccc(N2CCC[C@H](C(F)(F)F)C2)c2ccncc12. The second-order valence-electron chi connectivity index (χ2n) is 5.61. The van der Waals surface area contributed by atoms with Crippen LogP contribution in [0, 0.1) is 16.0 Å². The number of non-ortho nitro benzene ring substituents is 1. The van der Waals surface area contributed by atoms with Crippen molar-refractivity contribution in [3.8, 4) is 0 Å². The monoisotopic (exact) mass is 325 g/mol. The van der Waals surface area contributed by atoms with Crippen molar-refractivity contribution in [2.24, 2.45) is 5.92 Å². The van der Waals surface area contributed by atoms with Gasteiger partial charge in [0, 0.05) is 42.6 Å². The largest absolute Gasteiger partial charge is 0.393 e. The van der Waals surface area contributed by atoms with Crippen LogP contribution in [0.4, 0.5) is 24.5 Å². The molecule has 1 aliphatic rings. The van der Waals surface area contributed by atoms with Crippen molar-refractivity contribution in [2.45, 2.75) is 19.0 Å². The molecule has 0 bridgehead atoms. The van der Waals surface area contributed by atoms with Gasteiger partial charge in [0.15, 0.2) is 0 Å². The van der Waals surface area contributed by atoms with Gasteiger partial charge in [-0.3, -0.25) is 15.1 Å². The van der Waals surface area contributed by atoms with Gasteiger partial charge in [-0.05, 0) is 25.0 Å². The average molecular weight is 325 g/mol. The molecule has 1 aromatic heterocycles. The highest BCUT2D eigenvalue weighted by Gasteiger charge is 2.42. The van der Waals surface area contributed by atoms with Gasteiger partial charge in [0.25, 0.3) is 5.69 Å². The van der Waals surface area contributed by atoms with Crippen LogP contribution in [0.2, 0.25) is 0 Å². The number of alkyl halides is 3. The Morgan fingerprint density at radius 2 is 2.04 bits per heavy atom. The molecule has 1 fully saturated rings. The van der Waals surface area contributed by atoms with Crippen molar-refractivity contribution in [2.75, 3.05) is 18.0 Å². The minimum Gasteiger partial charge on any atom is -0.370 e. The number of aromatic nitrogens is 1. The van der Waals surface area contributed by atoms with Gasteiger partial charge in [-0.15, -0.1) is 0 Å². The summed E-state index contributed by atoms with van der Waals surface area (Å²) >= 11 is 0. The number of pyridine rings is 1. The molecule has 0 amide bonds. The number of halogens is 3. The average Bonchev–Trinajstić information content (AvgIpc) is 2.53. The van der Waals surface area contributed by atoms with E-state index >= 15 is 0 Å². The summed E-state index contributed by atoms with van der Waals surface area (Å²) in [6.07, 6.45) is -0.806. The fraction of sp³-hybridized carbons (Fsp3) is 0.400. The summed E-state index contributed by atoms with van der Waals surface area (Å²) in [6, 6.07) is 4.46. The lowest BCUT2D eigenvalue weighted by Gasteiger charge is -2.35. The predicted molar refractivity (Wildman–Crippen MR) is 79.4 cm³/mol. The van der Waals surface area contributed by atoms with Gasteiger partial charge in [0.05, 0.1) is 16.2 Å². The smallest absolute Gasteiger partial charge is 0.370 e. The van der Waals surface area contributed by atoms with Crippen LogP contribution in [0.1, 0.15) is 12.8 Å². The molecule has 0 saturated carbocycles. The van der Waals surface area contributed by atoms with E-state index in [2.05, 4.69) is 4.98 Å². The predicted octanol–water partition coefficient (Wildman–Crippen LogP) is 3.92. The molecule has 0 aliphatic carbocycles. The lowest BCUT2D eigenvalue weighted by molar-refractivity contribution is -0.383. The minimum absolute atomic E-state index is 0.0961. The van der Waals surface area contributed by atoms with Gasteiger partial charge in [0.2, 0.25) is 0 Å². The van der Waals surface area contributed by atoms with Gasteiger partial charge in [-0.1, -0.05) is 0 Å². The lowest BCUT2D eigenvalue weighted by Crippen LogP contribution is -2.41. The van der Waals surface area contributed by atoms with Crippen molar-refractivity contribution < 1.29 is 18.1 Å². The van der Waals surface area contributed by atoms with Crippen molar-refractivity contribution in [1.29, 1.82) is 0 Å². The van der Waals surface area contributed by atoms with E-state index in [-0.39, 0.29) is 18.7 Å². The zero-order valence-corrected chi connectivity index (χ0v) is 12.1. The van der Waals surface area contributed by atoms with Crippen LogP contribution in [0.25, 0.3) is 10.8 Å². The molecule has 0 N–H and O–H groups in total. The fourth-order valence-corrected chi connectivity index (χ4v) is 3.06. The summed E-state index contributed by atoms with van der Waals surface area (Å²) in [5.41, 5.74) is 0.489. The van der Waals surface area contributed by atoms with Crippen LogP contribution < -0.4 is 4.90 Å². The van der Waals surface area contributed by atoms with Crippen LogP contribution in [-0.2, 0) is 0 Å². The highest BCUT2D eigenvalue weighted by Crippen LogP contribution is 2.38. The maximum absolute atomic E-state index is 13.0. The second-order valence-corrected chi connectivity index (χ2v) is 5.61. The normalized spacial score (nSPS) is 19.1. The first kappa shape index (κ1) is 15.5. The Morgan fingerprint density at radius 3 is 2.74 bits per heavy atom. The molecule has 0 radical (unpaired) electrons. The molecule has 5 nitrogen and oxygen atoms in total. The molecule has 1 aromatic carbocycles. The Kier molecular flexibility index (Phi) is 3.83. The van der Waals surface area contributed by atoms with E-state index in [9.17, 15) is 23.3 Å². The van der Waals surface area contributed by atoms with Gasteiger partial charge in [-0.2, -0.15) is 13.2 Å². The Labute approximate surface area is 129 Å². The van der Waals surface area contributed by atoms with Crippen LogP contribution >= 0.6 is 0 Å². The quantitative estimate of drug-likeness (QED) is 0.620. The van der Waals surface area contributed by atoms with E-state index in [4.69, 9.17) is 0 Å². The summed E-state index contributed by atoms with van der Waals surface area (Å²) in [7, 11) is 0. The number of nitro benzene ring substituents is 1. The zero-order chi connectivity index (χ0) is 16.6.